The molecule has 0 saturated carbocycles. The van der Waals surface area contributed by atoms with Gasteiger partial charge in [0.2, 0.25) is 5.88 Å². The second kappa shape index (κ2) is 5.51. The molecule has 6 nitrogen and oxygen atoms in total. The van der Waals surface area contributed by atoms with E-state index in [2.05, 4.69) is 11.7 Å². The van der Waals surface area contributed by atoms with Crippen LogP contribution in [0.15, 0.2) is 40.1 Å². The van der Waals surface area contributed by atoms with E-state index in [4.69, 9.17) is 0 Å². The van der Waals surface area contributed by atoms with E-state index < -0.39 is 11.4 Å². The molecule has 2 rings (SSSR count). The zero-order chi connectivity index (χ0) is 15.6. The molecule has 0 aliphatic carbocycles. The second-order valence-electron chi connectivity index (χ2n) is 4.42. The molecule has 2 aromatic rings. The molecule has 1 N–H and O–H groups in total. The summed E-state index contributed by atoms with van der Waals surface area (Å²) in [6.45, 7) is 4.91. The summed E-state index contributed by atoms with van der Waals surface area (Å²) in [5.41, 5.74) is 0.502. The minimum absolute atomic E-state index is 0.000203. The van der Waals surface area contributed by atoms with Gasteiger partial charge in [-0.1, -0.05) is 18.2 Å². The van der Waals surface area contributed by atoms with Gasteiger partial charge >= 0.3 is 0 Å². The number of hydrogen-bond donors (Lipinski definition) is 1. The molecule has 0 aliphatic rings. The highest BCUT2D eigenvalue weighted by Gasteiger charge is 2.21. The molecule has 0 amide bonds. The molecule has 1 aromatic carbocycles. The molecular weight excluding hydrogens is 268 g/mol. The summed E-state index contributed by atoms with van der Waals surface area (Å²) in [5.74, 6) is -0.418. The van der Waals surface area contributed by atoms with Crippen LogP contribution in [0.1, 0.15) is 11.1 Å². The minimum Gasteiger partial charge on any atom is -0.492 e. The van der Waals surface area contributed by atoms with Crippen LogP contribution in [0.5, 0.6) is 5.88 Å². The smallest absolute Gasteiger partial charge is 0.298 e. The quantitative estimate of drug-likeness (QED) is 0.872. The second-order valence-corrected chi connectivity index (χ2v) is 4.42. The van der Waals surface area contributed by atoms with E-state index in [0.29, 0.717) is 11.3 Å². The van der Waals surface area contributed by atoms with E-state index in [1.165, 1.54) is 5.01 Å². The van der Waals surface area contributed by atoms with Crippen molar-refractivity contribution in [1.82, 2.24) is 4.68 Å². The first-order valence-electron chi connectivity index (χ1n) is 6.17. The van der Waals surface area contributed by atoms with Crippen molar-refractivity contribution in [3.63, 3.8) is 0 Å². The number of aromatic hydroxyl groups is 1. The van der Waals surface area contributed by atoms with Crippen LogP contribution in [0.3, 0.4) is 0 Å². The summed E-state index contributed by atoms with van der Waals surface area (Å²) in [7, 11) is 1.61. The van der Waals surface area contributed by atoms with Crippen LogP contribution in [-0.4, -0.2) is 23.5 Å². The summed E-state index contributed by atoms with van der Waals surface area (Å²) in [6.07, 6.45) is 0. The monoisotopic (exact) mass is 282 g/mol. The number of hydrogen-bond acceptors (Lipinski definition) is 5. The molecule has 1 aromatic heterocycles. The van der Waals surface area contributed by atoms with Crippen molar-refractivity contribution in [1.29, 1.82) is 5.26 Å². The molecule has 106 valence electrons. The Bertz CT molecular complexity index is 788. The van der Waals surface area contributed by atoms with Gasteiger partial charge in [-0.05, 0) is 25.8 Å². The van der Waals surface area contributed by atoms with E-state index in [1.807, 2.05) is 12.1 Å². The van der Waals surface area contributed by atoms with Gasteiger partial charge in [-0.2, -0.15) is 9.94 Å². The molecule has 0 atom stereocenters. The van der Waals surface area contributed by atoms with Crippen LogP contribution < -0.4 is 10.6 Å². The average Bonchev–Trinajstić information content (AvgIpc) is 2.49. The lowest BCUT2D eigenvalue weighted by molar-refractivity contribution is 0.412. The summed E-state index contributed by atoms with van der Waals surface area (Å²) in [5, 5.41) is 20.9. The minimum atomic E-state index is -0.537. The van der Waals surface area contributed by atoms with Crippen LogP contribution in [0.2, 0.25) is 0 Å². The Hall–Kier alpha value is -3.07. The van der Waals surface area contributed by atoms with Crippen molar-refractivity contribution in [2.24, 2.45) is 4.99 Å². The summed E-state index contributed by atoms with van der Waals surface area (Å²) in [6, 6.07) is 10.9. The highest BCUT2D eigenvalue weighted by Crippen LogP contribution is 2.26. The molecular formula is C15H14N4O2. The van der Waals surface area contributed by atoms with Gasteiger partial charge in [-0.15, -0.1) is 0 Å². The van der Waals surface area contributed by atoms with Gasteiger partial charge in [-0.25, -0.2) is 0 Å². The van der Waals surface area contributed by atoms with Crippen molar-refractivity contribution in [3.8, 4) is 11.9 Å². The largest absolute Gasteiger partial charge is 0.492 e. The predicted molar refractivity (Wildman–Crippen MR) is 81.3 cm³/mol. The number of para-hydroxylation sites is 1. The number of nitrogens with zero attached hydrogens (tertiary/aromatic N) is 4. The van der Waals surface area contributed by atoms with Crippen LogP contribution in [0.4, 0.5) is 11.4 Å². The van der Waals surface area contributed by atoms with Crippen molar-refractivity contribution in [2.75, 3.05) is 12.1 Å². The number of benzene rings is 1. The molecule has 0 bridgehead atoms. The number of nitriles is 1. The Morgan fingerprint density at radius 2 is 2.00 bits per heavy atom. The van der Waals surface area contributed by atoms with Crippen molar-refractivity contribution < 1.29 is 5.11 Å². The molecule has 0 fully saturated rings. The van der Waals surface area contributed by atoms with E-state index >= 15 is 0 Å². The van der Waals surface area contributed by atoms with E-state index in [-0.39, 0.29) is 11.3 Å². The fourth-order valence-electron chi connectivity index (χ4n) is 2.11. The first-order valence-corrected chi connectivity index (χ1v) is 6.17. The Morgan fingerprint density at radius 3 is 2.52 bits per heavy atom. The maximum Gasteiger partial charge on any atom is 0.298 e. The Kier molecular flexibility index (Phi) is 3.76. The van der Waals surface area contributed by atoms with Gasteiger partial charge in [0.15, 0.2) is 0 Å². The Balaban J connectivity index is 2.79. The maximum atomic E-state index is 12.4. The number of anilines is 1. The van der Waals surface area contributed by atoms with Gasteiger partial charge in [0, 0.05) is 12.6 Å². The highest BCUT2D eigenvalue weighted by molar-refractivity contribution is 5.60. The molecule has 6 heteroatoms. The summed E-state index contributed by atoms with van der Waals surface area (Å²) >= 11 is 0. The van der Waals surface area contributed by atoms with Crippen LogP contribution in [-0.2, 0) is 0 Å². The number of rotatable bonds is 3. The lowest BCUT2D eigenvalue weighted by Gasteiger charge is -2.24. The van der Waals surface area contributed by atoms with E-state index in [0.717, 1.165) is 4.68 Å². The molecule has 0 aliphatic heterocycles. The molecule has 0 unspecified atom stereocenters. The van der Waals surface area contributed by atoms with Crippen molar-refractivity contribution >= 4 is 18.1 Å². The molecule has 0 radical (unpaired) electrons. The van der Waals surface area contributed by atoms with Crippen LogP contribution in [0.25, 0.3) is 0 Å². The van der Waals surface area contributed by atoms with Gasteiger partial charge in [0.1, 0.15) is 17.3 Å². The third-order valence-electron chi connectivity index (χ3n) is 3.25. The van der Waals surface area contributed by atoms with E-state index in [1.54, 1.807) is 38.2 Å². The molecule has 1 heterocycles. The fourth-order valence-corrected chi connectivity index (χ4v) is 2.11. The Labute approximate surface area is 121 Å². The third kappa shape index (κ3) is 2.25. The van der Waals surface area contributed by atoms with Crippen LogP contribution in [0, 0.1) is 18.3 Å². The predicted octanol–water partition coefficient (Wildman–Crippen LogP) is 1.97. The van der Waals surface area contributed by atoms with Gasteiger partial charge in [0.05, 0.1) is 5.69 Å². The molecule has 0 saturated heterocycles. The lowest BCUT2D eigenvalue weighted by atomic mass is 10.1. The maximum absolute atomic E-state index is 12.4. The average molecular weight is 282 g/mol. The first kappa shape index (κ1) is 14.3. The van der Waals surface area contributed by atoms with Gasteiger partial charge < -0.3 is 5.11 Å². The standard InChI is InChI=1S/C15H14N4O2/c1-10-12(9-16)14(20)19(15(21)13(10)17-2)18(3)11-7-5-4-6-8-11/h4-8,20H,2H2,1,3H3. The first-order chi connectivity index (χ1) is 10.0. The summed E-state index contributed by atoms with van der Waals surface area (Å²) in [4.78, 5) is 16.1. The molecule has 0 spiro atoms. The van der Waals surface area contributed by atoms with Crippen LogP contribution >= 0.6 is 0 Å². The SMILES string of the molecule is C=Nc1c(C)c(C#N)c(O)n(N(C)c2ccccc2)c1=O. The number of aliphatic imine (C=N–C) groups is 1. The molecule has 21 heavy (non-hydrogen) atoms. The normalized spacial score (nSPS) is 9.95. The zero-order valence-electron chi connectivity index (χ0n) is 11.7. The Morgan fingerprint density at radius 1 is 1.38 bits per heavy atom. The van der Waals surface area contributed by atoms with Gasteiger partial charge in [0.25, 0.3) is 5.56 Å². The topological polar surface area (TPSA) is 81.6 Å². The number of aromatic nitrogens is 1. The highest BCUT2D eigenvalue weighted by atomic mass is 16.3. The van der Waals surface area contributed by atoms with E-state index in [9.17, 15) is 15.2 Å². The number of pyridine rings is 1. The zero-order valence-corrected chi connectivity index (χ0v) is 11.7. The lowest BCUT2D eigenvalue weighted by Crippen LogP contribution is -2.36. The third-order valence-corrected chi connectivity index (χ3v) is 3.25. The summed E-state index contributed by atoms with van der Waals surface area (Å²) < 4.78 is 1.00. The fraction of sp³-hybridized carbons (Fsp3) is 0.133. The van der Waals surface area contributed by atoms with Gasteiger partial charge in [-0.3, -0.25) is 14.8 Å². The van der Waals surface area contributed by atoms with Crippen molar-refractivity contribution in [3.05, 3.63) is 51.8 Å². The van der Waals surface area contributed by atoms with Crippen molar-refractivity contribution in [2.45, 2.75) is 6.92 Å².